The van der Waals surface area contributed by atoms with E-state index in [4.69, 9.17) is 0 Å². The van der Waals surface area contributed by atoms with E-state index in [0.717, 1.165) is 0 Å². The summed E-state index contributed by atoms with van der Waals surface area (Å²) in [5, 5.41) is 13.5. The summed E-state index contributed by atoms with van der Waals surface area (Å²) in [6.07, 6.45) is 1.86. The molecule has 0 unspecified atom stereocenters. The zero-order chi connectivity index (χ0) is 14.0. The normalized spacial score (nSPS) is 19.2. The van der Waals surface area contributed by atoms with Crippen LogP contribution in [0.15, 0.2) is 16.7 Å². The van der Waals surface area contributed by atoms with Crippen LogP contribution in [-0.2, 0) is 4.79 Å². The summed E-state index contributed by atoms with van der Waals surface area (Å²) in [6, 6.07) is 1.11. The van der Waals surface area contributed by atoms with Crippen molar-refractivity contribution in [1.82, 2.24) is 10.3 Å². The number of anilines is 1. The second kappa shape index (κ2) is 5.52. The number of hydrogen-bond donors (Lipinski definition) is 1. The fourth-order valence-electron chi connectivity index (χ4n) is 2.11. The molecular formula is C11H13BrN4O3. The van der Waals surface area contributed by atoms with E-state index in [1.807, 2.05) is 11.8 Å². The molecule has 1 N–H and O–H groups in total. The number of pyridine rings is 1. The van der Waals surface area contributed by atoms with Crippen molar-refractivity contribution < 1.29 is 9.72 Å². The Balaban J connectivity index is 2.35. The molecule has 0 radical (unpaired) electrons. The minimum Gasteiger partial charge on any atom is -0.353 e. The Bertz CT molecular complexity index is 523. The maximum absolute atomic E-state index is 11.8. The summed E-state index contributed by atoms with van der Waals surface area (Å²) in [5.41, 5.74) is -0.0786. The van der Waals surface area contributed by atoms with Crippen LogP contribution in [-0.4, -0.2) is 34.9 Å². The highest BCUT2D eigenvalue weighted by Gasteiger charge is 2.30. The third-order valence-electron chi connectivity index (χ3n) is 3.01. The molecule has 1 atom stereocenters. The molecule has 1 aliphatic rings. The van der Waals surface area contributed by atoms with Crippen molar-refractivity contribution in [3.63, 3.8) is 0 Å². The Labute approximate surface area is 118 Å². The van der Waals surface area contributed by atoms with Gasteiger partial charge < -0.3 is 10.2 Å². The maximum Gasteiger partial charge on any atom is 0.288 e. The van der Waals surface area contributed by atoms with E-state index in [0.29, 0.717) is 29.8 Å². The minimum absolute atomic E-state index is 0.0409. The smallest absolute Gasteiger partial charge is 0.288 e. The molecule has 1 aromatic rings. The van der Waals surface area contributed by atoms with Gasteiger partial charge in [-0.25, -0.2) is 4.98 Å². The van der Waals surface area contributed by atoms with Gasteiger partial charge in [0.05, 0.1) is 9.40 Å². The van der Waals surface area contributed by atoms with Crippen LogP contribution < -0.4 is 10.2 Å². The molecule has 1 amide bonds. The standard InChI is InChI=1S/C11H13BrN4O3/c1-2-9-11(17)13-3-4-15(9)10-8(12)5-7(6-14-10)16(18)19/h5-6,9H,2-4H2,1H3,(H,13,17)/t9-/m1/s1. The number of amides is 1. The number of piperazine rings is 1. The van der Waals surface area contributed by atoms with Gasteiger partial charge in [-0.3, -0.25) is 14.9 Å². The zero-order valence-corrected chi connectivity index (χ0v) is 11.9. The molecule has 0 aromatic carbocycles. The SMILES string of the molecule is CC[C@@H]1C(=O)NCCN1c1ncc([N+](=O)[O-])cc1Br. The predicted octanol–water partition coefficient (Wildman–Crippen LogP) is 1.47. The molecule has 1 saturated heterocycles. The van der Waals surface area contributed by atoms with E-state index in [9.17, 15) is 14.9 Å². The average Bonchev–Trinajstić information content (AvgIpc) is 2.38. The van der Waals surface area contributed by atoms with E-state index in [1.54, 1.807) is 0 Å². The molecular weight excluding hydrogens is 316 g/mol. The summed E-state index contributed by atoms with van der Waals surface area (Å²) in [4.78, 5) is 28.0. The van der Waals surface area contributed by atoms with Gasteiger partial charge in [-0.05, 0) is 22.4 Å². The van der Waals surface area contributed by atoms with Crippen LogP contribution in [0.5, 0.6) is 0 Å². The number of nitro groups is 1. The number of rotatable bonds is 3. The van der Waals surface area contributed by atoms with E-state index >= 15 is 0 Å². The lowest BCUT2D eigenvalue weighted by molar-refractivity contribution is -0.385. The molecule has 8 heteroatoms. The van der Waals surface area contributed by atoms with Crippen molar-refractivity contribution in [2.24, 2.45) is 0 Å². The largest absolute Gasteiger partial charge is 0.353 e. The lowest BCUT2D eigenvalue weighted by Gasteiger charge is -2.35. The summed E-state index contributed by atoms with van der Waals surface area (Å²) < 4.78 is 0.523. The van der Waals surface area contributed by atoms with Gasteiger partial charge in [-0.2, -0.15) is 0 Å². The first kappa shape index (κ1) is 13.7. The Kier molecular flexibility index (Phi) is 3.98. The summed E-state index contributed by atoms with van der Waals surface area (Å²) in [6.45, 7) is 3.09. The lowest BCUT2D eigenvalue weighted by Crippen LogP contribution is -2.55. The van der Waals surface area contributed by atoms with E-state index in [-0.39, 0.29) is 17.6 Å². The van der Waals surface area contributed by atoms with Crippen LogP contribution in [0.3, 0.4) is 0 Å². The summed E-state index contributed by atoms with van der Waals surface area (Å²) in [5.74, 6) is 0.521. The number of halogens is 1. The number of carbonyl (C=O) groups excluding carboxylic acids is 1. The Morgan fingerprint density at radius 2 is 2.42 bits per heavy atom. The topological polar surface area (TPSA) is 88.4 Å². The van der Waals surface area contributed by atoms with Crippen molar-refractivity contribution in [1.29, 1.82) is 0 Å². The molecule has 2 heterocycles. The molecule has 2 rings (SSSR count). The molecule has 0 bridgehead atoms. The van der Waals surface area contributed by atoms with Gasteiger partial charge >= 0.3 is 0 Å². The highest BCUT2D eigenvalue weighted by atomic mass is 79.9. The summed E-state index contributed by atoms with van der Waals surface area (Å²) in [7, 11) is 0. The first-order valence-corrected chi connectivity index (χ1v) is 6.68. The lowest BCUT2D eigenvalue weighted by atomic mass is 10.1. The van der Waals surface area contributed by atoms with Crippen LogP contribution in [0.2, 0.25) is 0 Å². The molecule has 7 nitrogen and oxygen atoms in total. The van der Waals surface area contributed by atoms with Gasteiger partial charge in [0, 0.05) is 19.2 Å². The van der Waals surface area contributed by atoms with E-state index < -0.39 is 4.92 Å². The third kappa shape index (κ3) is 2.67. The van der Waals surface area contributed by atoms with Gasteiger partial charge in [0.1, 0.15) is 18.1 Å². The quantitative estimate of drug-likeness (QED) is 0.670. The fourth-order valence-corrected chi connectivity index (χ4v) is 2.67. The molecule has 1 aliphatic heterocycles. The van der Waals surface area contributed by atoms with Crippen LogP contribution in [0, 0.1) is 10.1 Å². The second-order valence-electron chi connectivity index (χ2n) is 4.16. The summed E-state index contributed by atoms with van der Waals surface area (Å²) >= 11 is 3.29. The molecule has 1 aromatic heterocycles. The average molecular weight is 329 g/mol. The minimum atomic E-state index is -0.498. The highest BCUT2D eigenvalue weighted by molar-refractivity contribution is 9.10. The first-order valence-electron chi connectivity index (χ1n) is 5.89. The van der Waals surface area contributed by atoms with Crippen molar-refractivity contribution in [3.05, 3.63) is 26.9 Å². The molecule has 1 fully saturated rings. The third-order valence-corrected chi connectivity index (χ3v) is 3.59. The molecule has 0 spiro atoms. The van der Waals surface area contributed by atoms with Crippen LogP contribution in [0.1, 0.15) is 13.3 Å². The van der Waals surface area contributed by atoms with Gasteiger partial charge in [-0.1, -0.05) is 6.92 Å². The van der Waals surface area contributed by atoms with E-state index in [2.05, 4.69) is 26.2 Å². The fraction of sp³-hybridized carbons (Fsp3) is 0.455. The zero-order valence-electron chi connectivity index (χ0n) is 10.3. The Morgan fingerprint density at radius 3 is 3.00 bits per heavy atom. The van der Waals surface area contributed by atoms with Crippen molar-refractivity contribution in [2.45, 2.75) is 19.4 Å². The van der Waals surface area contributed by atoms with Crippen molar-refractivity contribution in [2.75, 3.05) is 18.0 Å². The van der Waals surface area contributed by atoms with Crippen LogP contribution in [0.25, 0.3) is 0 Å². The second-order valence-corrected chi connectivity index (χ2v) is 5.02. The number of nitrogens with one attached hydrogen (secondary N) is 1. The van der Waals surface area contributed by atoms with E-state index in [1.165, 1.54) is 12.3 Å². The predicted molar refractivity (Wildman–Crippen MR) is 73.0 cm³/mol. The van der Waals surface area contributed by atoms with Gasteiger partial charge in [0.25, 0.3) is 5.69 Å². The first-order chi connectivity index (χ1) is 9.04. The molecule has 0 aliphatic carbocycles. The van der Waals surface area contributed by atoms with Crippen LogP contribution >= 0.6 is 15.9 Å². The Hall–Kier alpha value is -1.70. The van der Waals surface area contributed by atoms with Gasteiger partial charge in [-0.15, -0.1) is 0 Å². The van der Waals surface area contributed by atoms with Gasteiger partial charge in [0.2, 0.25) is 5.91 Å². The Morgan fingerprint density at radius 1 is 1.68 bits per heavy atom. The van der Waals surface area contributed by atoms with Gasteiger partial charge in [0.15, 0.2) is 0 Å². The number of hydrogen-bond acceptors (Lipinski definition) is 5. The number of carbonyl (C=O) groups is 1. The monoisotopic (exact) mass is 328 g/mol. The van der Waals surface area contributed by atoms with Crippen molar-refractivity contribution >= 4 is 33.3 Å². The highest BCUT2D eigenvalue weighted by Crippen LogP contribution is 2.29. The van der Waals surface area contributed by atoms with Crippen molar-refractivity contribution in [3.8, 4) is 0 Å². The molecule has 102 valence electrons. The maximum atomic E-state index is 11.8. The molecule has 19 heavy (non-hydrogen) atoms. The number of nitrogens with zero attached hydrogens (tertiary/aromatic N) is 3. The number of aromatic nitrogens is 1. The molecule has 0 saturated carbocycles. The van der Waals surface area contributed by atoms with Crippen LogP contribution in [0.4, 0.5) is 11.5 Å².